The summed E-state index contributed by atoms with van der Waals surface area (Å²) >= 11 is 3.40. The van der Waals surface area contributed by atoms with Gasteiger partial charge in [-0.3, -0.25) is 4.79 Å². The molecule has 4 aromatic rings. The Bertz CT molecular complexity index is 1090. The molecule has 30 heavy (non-hydrogen) atoms. The van der Waals surface area contributed by atoms with Crippen LogP contribution in [0.25, 0.3) is 5.69 Å². The lowest BCUT2D eigenvalue weighted by Gasteiger charge is -2.09. The van der Waals surface area contributed by atoms with E-state index in [1.54, 1.807) is 10.9 Å². The molecule has 0 aliphatic heterocycles. The predicted molar refractivity (Wildman–Crippen MR) is 120 cm³/mol. The first-order chi connectivity index (χ1) is 14.7. The molecule has 0 bridgehead atoms. The van der Waals surface area contributed by atoms with Crippen LogP contribution in [0.15, 0.2) is 95.7 Å². The molecule has 0 atom stereocenters. The van der Waals surface area contributed by atoms with Crippen LogP contribution in [0.5, 0.6) is 5.75 Å². The Hall–Kier alpha value is -3.38. The van der Waals surface area contributed by atoms with Crippen molar-refractivity contribution in [3.63, 3.8) is 0 Å². The van der Waals surface area contributed by atoms with Crippen LogP contribution in [0.1, 0.15) is 21.5 Å². The lowest BCUT2D eigenvalue weighted by molar-refractivity contribution is 0.0951. The van der Waals surface area contributed by atoms with E-state index < -0.39 is 0 Å². The topological polar surface area (TPSA) is 56.2 Å². The fourth-order valence-corrected chi connectivity index (χ4v) is 3.19. The molecule has 0 aliphatic carbocycles. The van der Waals surface area contributed by atoms with E-state index in [1.807, 2.05) is 85.1 Å². The van der Waals surface area contributed by atoms with Crippen molar-refractivity contribution in [1.29, 1.82) is 0 Å². The van der Waals surface area contributed by atoms with Gasteiger partial charge in [-0.05, 0) is 65.7 Å². The highest BCUT2D eigenvalue weighted by molar-refractivity contribution is 9.10. The molecular weight excluding hydrogens is 442 g/mol. The third kappa shape index (κ3) is 5.15. The number of nitrogens with one attached hydrogen (secondary N) is 1. The number of hydrogen-bond acceptors (Lipinski definition) is 3. The van der Waals surface area contributed by atoms with Crippen LogP contribution >= 0.6 is 15.9 Å². The van der Waals surface area contributed by atoms with Gasteiger partial charge >= 0.3 is 0 Å². The third-order valence-electron chi connectivity index (χ3n) is 4.59. The highest BCUT2D eigenvalue weighted by atomic mass is 79.9. The van der Waals surface area contributed by atoms with Gasteiger partial charge in [-0.2, -0.15) is 5.10 Å². The van der Waals surface area contributed by atoms with Crippen molar-refractivity contribution in [1.82, 2.24) is 15.1 Å². The first-order valence-electron chi connectivity index (χ1n) is 9.52. The number of aromatic nitrogens is 2. The number of rotatable bonds is 7. The molecule has 1 aromatic heterocycles. The van der Waals surface area contributed by atoms with Crippen LogP contribution in [0.4, 0.5) is 0 Å². The van der Waals surface area contributed by atoms with Crippen molar-refractivity contribution < 1.29 is 9.53 Å². The smallest absolute Gasteiger partial charge is 0.251 e. The standard InChI is InChI=1S/C24H20BrN3O2/c25-21-8-12-23(13-9-21)30-17-19-2-6-20(7-3-19)24(29)26-16-18-4-10-22(11-5-18)28-15-1-14-27-28/h1-15H,16-17H2,(H,26,29). The lowest BCUT2D eigenvalue weighted by atomic mass is 10.1. The van der Waals surface area contributed by atoms with Crippen molar-refractivity contribution in [2.24, 2.45) is 0 Å². The second-order valence-corrected chi connectivity index (χ2v) is 7.65. The van der Waals surface area contributed by atoms with Crippen LogP contribution in [0.2, 0.25) is 0 Å². The van der Waals surface area contributed by atoms with E-state index in [0.29, 0.717) is 18.7 Å². The Morgan fingerprint density at radius 3 is 2.30 bits per heavy atom. The van der Waals surface area contributed by atoms with Crippen molar-refractivity contribution in [2.75, 3.05) is 0 Å². The van der Waals surface area contributed by atoms with Crippen LogP contribution in [-0.4, -0.2) is 15.7 Å². The van der Waals surface area contributed by atoms with E-state index in [2.05, 4.69) is 26.3 Å². The van der Waals surface area contributed by atoms with Crippen molar-refractivity contribution >= 4 is 21.8 Å². The molecule has 1 N–H and O–H groups in total. The minimum absolute atomic E-state index is 0.105. The minimum atomic E-state index is -0.105. The maximum absolute atomic E-state index is 12.4. The lowest BCUT2D eigenvalue weighted by Crippen LogP contribution is -2.22. The van der Waals surface area contributed by atoms with Crippen LogP contribution < -0.4 is 10.1 Å². The molecule has 0 fully saturated rings. The molecule has 0 saturated carbocycles. The summed E-state index contributed by atoms with van der Waals surface area (Å²) in [5, 5.41) is 7.16. The molecular formula is C24H20BrN3O2. The first-order valence-corrected chi connectivity index (χ1v) is 10.3. The zero-order valence-corrected chi connectivity index (χ0v) is 17.7. The Kier molecular flexibility index (Phi) is 6.25. The number of nitrogens with zero attached hydrogens (tertiary/aromatic N) is 2. The average Bonchev–Trinajstić information content (AvgIpc) is 3.33. The summed E-state index contributed by atoms with van der Waals surface area (Å²) in [6, 6.07) is 25.0. The summed E-state index contributed by atoms with van der Waals surface area (Å²) in [6.07, 6.45) is 3.64. The quantitative estimate of drug-likeness (QED) is 0.414. The number of carbonyl (C=O) groups is 1. The summed E-state index contributed by atoms with van der Waals surface area (Å²) in [7, 11) is 0. The van der Waals surface area contributed by atoms with Crippen LogP contribution in [0, 0.1) is 0 Å². The minimum Gasteiger partial charge on any atom is -0.489 e. The Morgan fingerprint density at radius 1 is 0.933 bits per heavy atom. The molecule has 3 aromatic carbocycles. The zero-order chi connectivity index (χ0) is 20.8. The van der Waals surface area contributed by atoms with E-state index in [1.165, 1.54) is 0 Å². The van der Waals surface area contributed by atoms with Gasteiger partial charge in [0.25, 0.3) is 5.91 Å². The molecule has 4 rings (SSSR count). The number of benzene rings is 3. The van der Waals surface area contributed by atoms with Crippen molar-refractivity contribution in [2.45, 2.75) is 13.2 Å². The van der Waals surface area contributed by atoms with E-state index in [9.17, 15) is 4.79 Å². The van der Waals surface area contributed by atoms with E-state index >= 15 is 0 Å². The summed E-state index contributed by atoms with van der Waals surface area (Å²) in [5.41, 5.74) is 3.63. The van der Waals surface area contributed by atoms with Gasteiger partial charge in [-0.1, -0.05) is 40.2 Å². The SMILES string of the molecule is O=C(NCc1ccc(-n2cccn2)cc1)c1ccc(COc2ccc(Br)cc2)cc1. The van der Waals surface area contributed by atoms with Gasteiger partial charge in [0, 0.05) is 29.0 Å². The molecule has 0 unspecified atom stereocenters. The number of carbonyl (C=O) groups excluding carboxylic acids is 1. The molecule has 1 amide bonds. The van der Waals surface area contributed by atoms with Crippen LogP contribution in [-0.2, 0) is 13.2 Å². The molecule has 0 saturated heterocycles. The van der Waals surface area contributed by atoms with Crippen LogP contribution in [0.3, 0.4) is 0 Å². The monoisotopic (exact) mass is 461 g/mol. The number of hydrogen-bond donors (Lipinski definition) is 1. The summed E-state index contributed by atoms with van der Waals surface area (Å²) in [6.45, 7) is 0.915. The number of halogens is 1. The Morgan fingerprint density at radius 2 is 1.63 bits per heavy atom. The predicted octanol–water partition coefficient (Wildman–Crippen LogP) is 5.14. The molecule has 0 spiro atoms. The fraction of sp³-hybridized carbons (Fsp3) is 0.0833. The van der Waals surface area contributed by atoms with E-state index in [4.69, 9.17) is 4.74 Å². The number of ether oxygens (including phenoxy) is 1. The molecule has 0 radical (unpaired) electrons. The van der Waals surface area contributed by atoms with E-state index in [0.717, 1.165) is 27.0 Å². The van der Waals surface area contributed by atoms with Gasteiger partial charge in [-0.15, -0.1) is 0 Å². The van der Waals surface area contributed by atoms with Gasteiger partial charge in [0.15, 0.2) is 0 Å². The zero-order valence-electron chi connectivity index (χ0n) is 16.2. The second kappa shape index (κ2) is 9.41. The summed E-state index contributed by atoms with van der Waals surface area (Å²) < 4.78 is 8.57. The molecule has 150 valence electrons. The molecule has 0 aliphatic rings. The van der Waals surface area contributed by atoms with Gasteiger partial charge < -0.3 is 10.1 Å². The second-order valence-electron chi connectivity index (χ2n) is 6.74. The van der Waals surface area contributed by atoms with E-state index in [-0.39, 0.29) is 5.91 Å². The number of amides is 1. The maximum atomic E-state index is 12.4. The average molecular weight is 462 g/mol. The summed E-state index contributed by atoms with van der Waals surface area (Å²) in [4.78, 5) is 12.4. The Balaban J connectivity index is 1.28. The largest absolute Gasteiger partial charge is 0.489 e. The van der Waals surface area contributed by atoms with Crippen molar-refractivity contribution in [3.05, 3.63) is 112 Å². The normalized spacial score (nSPS) is 10.6. The van der Waals surface area contributed by atoms with Gasteiger partial charge in [0.05, 0.1) is 5.69 Å². The van der Waals surface area contributed by atoms with Gasteiger partial charge in [0.2, 0.25) is 0 Å². The van der Waals surface area contributed by atoms with Gasteiger partial charge in [-0.25, -0.2) is 4.68 Å². The first kappa shape index (κ1) is 19.9. The van der Waals surface area contributed by atoms with Gasteiger partial charge in [0.1, 0.15) is 12.4 Å². The molecule has 6 heteroatoms. The Labute approximate surface area is 183 Å². The molecule has 1 heterocycles. The summed E-state index contributed by atoms with van der Waals surface area (Å²) in [5.74, 6) is 0.699. The maximum Gasteiger partial charge on any atom is 0.251 e. The highest BCUT2D eigenvalue weighted by Crippen LogP contribution is 2.17. The van der Waals surface area contributed by atoms with Crippen molar-refractivity contribution in [3.8, 4) is 11.4 Å². The highest BCUT2D eigenvalue weighted by Gasteiger charge is 2.06. The third-order valence-corrected chi connectivity index (χ3v) is 5.12. The molecule has 5 nitrogen and oxygen atoms in total. The fourth-order valence-electron chi connectivity index (χ4n) is 2.92.